The fourth-order valence-corrected chi connectivity index (χ4v) is 10.6. The first-order valence-electron chi connectivity index (χ1n) is 20.5. The highest BCUT2D eigenvalue weighted by molar-refractivity contribution is 6.37. The van der Waals surface area contributed by atoms with E-state index < -0.39 is 0 Å². The van der Waals surface area contributed by atoms with Crippen LogP contribution in [0.5, 0.6) is 0 Å². The molecule has 0 N–H and O–H groups in total. The van der Waals surface area contributed by atoms with Crippen LogP contribution in [0.2, 0.25) is 0 Å². The average molecular weight is 768 g/mol. The lowest BCUT2D eigenvalue weighted by Crippen LogP contribution is -2.15. The van der Waals surface area contributed by atoms with Crippen LogP contribution < -0.4 is 0 Å². The molecule has 0 saturated heterocycles. The molecule has 0 radical (unpaired) electrons. The van der Waals surface area contributed by atoms with Crippen LogP contribution in [0.15, 0.2) is 168 Å². The highest BCUT2D eigenvalue weighted by Gasteiger charge is 2.37. The van der Waals surface area contributed by atoms with E-state index in [1.807, 2.05) is 36.4 Å². The third-order valence-corrected chi connectivity index (χ3v) is 13.3. The molecule has 6 nitrogen and oxygen atoms in total. The quantitative estimate of drug-likeness (QED) is 0.179. The van der Waals surface area contributed by atoms with E-state index in [0.717, 1.165) is 33.5 Å². The Kier molecular flexibility index (Phi) is 6.01. The van der Waals surface area contributed by atoms with E-state index in [0.29, 0.717) is 17.5 Å². The Morgan fingerprint density at radius 1 is 0.433 bits per heavy atom. The molecule has 0 amide bonds. The molecule has 8 aromatic carbocycles. The lowest BCUT2D eigenvalue weighted by molar-refractivity contribution is 0.660. The minimum Gasteiger partial charge on any atom is -0.456 e. The first-order valence-corrected chi connectivity index (χ1v) is 20.5. The Morgan fingerprint density at radius 2 is 1.03 bits per heavy atom. The highest BCUT2D eigenvalue weighted by atomic mass is 16.3. The molecule has 0 fully saturated rings. The number of fused-ring (bicyclic) bond motifs is 7. The van der Waals surface area contributed by atoms with Gasteiger partial charge in [-0.1, -0.05) is 117 Å². The van der Waals surface area contributed by atoms with Gasteiger partial charge in [0, 0.05) is 54.7 Å². The van der Waals surface area contributed by atoms with Gasteiger partial charge in [0.2, 0.25) is 0 Å². The summed E-state index contributed by atoms with van der Waals surface area (Å²) in [5.74, 6) is 1.98. The van der Waals surface area contributed by atoms with E-state index in [9.17, 15) is 0 Å². The second kappa shape index (κ2) is 11.2. The van der Waals surface area contributed by atoms with Gasteiger partial charge in [-0.15, -0.1) is 0 Å². The minimum atomic E-state index is -0.289. The van der Waals surface area contributed by atoms with Crippen molar-refractivity contribution < 1.29 is 4.42 Å². The highest BCUT2D eigenvalue weighted by Crippen LogP contribution is 2.52. The van der Waals surface area contributed by atoms with Gasteiger partial charge in [0.1, 0.15) is 11.2 Å². The largest absolute Gasteiger partial charge is 0.456 e. The van der Waals surface area contributed by atoms with E-state index in [1.54, 1.807) is 0 Å². The van der Waals surface area contributed by atoms with Gasteiger partial charge in [-0.25, -0.2) is 15.0 Å². The fourth-order valence-electron chi connectivity index (χ4n) is 10.6. The molecule has 1 aliphatic carbocycles. The number of aromatic nitrogens is 5. The zero-order valence-electron chi connectivity index (χ0n) is 32.7. The number of rotatable bonds is 4. The number of furan rings is 1. The molecule has 280 valence electrons. The van der Waals surface area contributed by atoms with Gasteiger partial charge >= 0.3 is 0 Å². The topological polar surface area (TPSA) is 61.2 Å². The van der Waals surface area contributed by atoms with Gasteiger partial charge in [0.05, 0.1) is 33.0 Å². The van der Waals surface area contributed by atoms with Crippen LogP contribution in [-0.2, 0) is 5.41 Å². The molecule has 5 heterocycles. The smallest absolute Gasteiger partial charge is 0.164 e. The zero-order chi connectivity index (χ0) is 39.4. The molecular formula is C54H33N5O. The van der Waals surface area contributed by atoms with Crippen LogP contribution in [0.1, 0.15) is 25.0 Å². The maximum Gasteiger partial charge on any atom is 0.164 e. The van der Waals surface area contributed by atoms with Crippen molar-refractivity contribution in [2.24, 2.45) is 0 Å². The summed E-state index contributed by atoms with van der Waals surface area (Å²) in [4.78, 5) is 15.1. The summed E-state index contributed by atoms with van der Waals surface area (Å²) in [6.07, 6.45) is 0. The van der Waals surface area contributed by atoms with Crippen molar-refractivity contribution in [2.75, 3.05) is 0 Å². The minimum absolute atomic E-state index is 0.289. The normalized spacial score (nSPS) is 13.6. The molecule has 6 heteroatoms. The Bertz CT molecular complexity index is 3850. The molecule has 0 spiro atoms. The summed E-state index contributed by atoms with van der Waals surface area (Å²) in [5, 5.41) is 7.37. The molecule has 0 aliphatic heterocycles. The first-order chi connectivity index (χ1) is 29.5. The summed E-state index contributed by atoms with van der Waals surface area (Å²) >= 11 is 0. The number of benzene rings is 8. The van der Waals surface area contributed by atoms with E-state index in [1.165, 1.54) is 82.2 Å². The maximum absolute atomic E-state index is 6.64. The SMILES string of the molecule is CC1(C)c2cc(-c3nc(-c4ccccc4)nc(-c4ccccc4)n3)ccc2-c2ccc(-n3c4ccc5oc6ccc7c8ccccc8n8c9cccc3c9c4c5c6c78)cc21. The van der Waals surface area contributed by atoms with Crippen LogP contribution in [0.3, 0.4) is 0 Å². The van der Waals surface area contributed by atoms with Crippen LogP contribution in [0.4, 0.5) is 0 Å². The molecule has 0 bridgehead atoms. The van der Waals surface area contributed by atoms with Gasteiger partial charge in [0.25, 0.3) is 0 Å². The molecule has 0 unspecified atom stereocenters. The Balaban J connectivity index is 0.966. The monoisotopic (exact) mass is 767 g/mol. The average Bonchev–Trinajstić information content (AvgIpc) is 3.99. The van der Waals surface area contributed by atoms with Gasteiger partial charge < -0.3 is 13.4 Å². The summed E-state index contributed by atoms with van der Waals surface area (Å²) in [5.41, 5.74) is 16.6. The summed E-state index contributed by atoms with van der Waals surface area (Å²) in [6, 6.07) is 58.4. The third kappa shape index (κ3) is 4.04. The number of nitrogens with zero attached hydrogens (tertiary/aromatic N) is 5. The Morgan fingerprint density at radius 3 is 1.80 bits per heavy atom. The Labute approximate surface area is 343 Å². The van der Waals surface area contributed by atoms with E-state index in [-0.39, 0.29) is 5.41 Å². The van der Waals surface area contributed by atoms with Crippen molar-refractivity contribution >= 4 is 71.1 Å². The van der Waals surface area contributed by atoms with Crippen LogP contribution >= 0.6 is 0 Å². The molecule has 0 atom stereocenters. The lowest BCUT2D eigenvalue weighted by atomic mass is 9.82. The fraction of sp³-hybridized carbons (Fsp3) is 0.0556. The molecule has 1 aliphatic rings. The summed E-state index contributed by atoms with van der Waals surface area (Å²) in [6.45, 7) is 4.69. The van der Waals surface area contributed by atoms with Gasteiger partial charge in [-0.2, -0.15) is 0 Å². The van der Waals surface area contributed by atoms with Gasteiger partial charge in [-0.05, 0) is 82.9 Å². The van der Waals surface area contributed by atoms with Crippen molar-refractivity contribution in [3.63, 3.8) is 0 Å². The number of hydrogen-bond acceptors (Lipinski definition) is 4. The molecule has 0 saturated carbocycles. The summed E-state index contributed by atoms with van der Waals surface area (Å²) < 4.78 is 11.6. The molecule has 5 aromatic heterocycles. The third-order valence-electron chi connectivity index (χ3n) is 13.3. The van der Waals surface area contributed by atoms with Crippen LogP contribution in [0, 0.1) is 0 Å². The van der Waals surface area contributed by atoms with Gasteiger partial charge in [0.15, 0.2) is 17.5 Å². The Hall–Kier alpha value is -7.83. The van der Waals surface area contributed by atoms with Crippen molar-refractivity contribution in [1.82, 2.24) is 23.9 Å². The predicted octanol–water partition coefficient (Wildman–Crippen LogP) is 13.6. The van der Waals surface area contributed by atoms with E-state index in [4.69, 9.17) is 19.4 Å². The zero-order valence-corrected chi connectivity index (χ0v) is 32.7. The van der Waals surface area contributed by atoms with Gasteiger partial charge in [-0.3, -0.25) is 0 Å². The van der Waals surface area contributed by atoms with Crippen molar-refractivity contribution in [2.45, 2.75) is 19.3 Å². The van der Waals surface area contributed by atoms with E-state index in [2.05, 4.69) is 150 Å². The maximum atomic E-state index is 6.64. The van der Waals surface area contributed by atoms with Crippen LogP contribution in [0.25, 0.3) is 122 Å². The van der Waals surface area contributed by atoms with Crippen molar-refractivity contribution in [3.8, 4) is 51.0 Å². The second-order valence-corrected chi connectivity index (χ2v) is 16.8. The molecular weight excluding hydrogens is 735 g/mol. The predicted molar refractivity (Wildman–Crippen MR) is 244 cm³/mol. The van der Waals surface area contributed by atoms with Crippen molar-refractivity contribution in [3.05, 3.63) is 175 Å². The second-order valence-electron chi connectivity index (χ2n) is 16.8. The molecule has 14 rings (SSSR count). The van der Waals surface area contributed by atoms with Crippen molar-refractivity contribution in [1.29, 1.82) is 0 Å². The number of para-hydroxylation sites is 1. The molecule has 13 aromatic rings. The first kappa shape index (κ1) is 32.2. The number of hydrogen-bond donors (Lipinski definition) is 0. The molecule has 60 heavy (non-hydrogen) atoms. The lowest BCUT2D eigenvalue weighted by Gasteiger charge is -2.23. The standard InChI is InChI=1S/C54H33N5O/c1-54(2)38-28-32(53-56-51(30-12-5-3-6-13-30)55-52(57-53)31-14-7-4-8-15-31)20-22-34(38)35-23-21-33(29-39(35)54)58-41-18-11-19-42-46(41)47-43(58)25-27-44-48(47)49-45(60-44)26-24-37-36-16-9-10-17-40(36)59(42)50(37)49/h3-29H,1-2H3. The van der Waals surface area contributed by atoms with Crippen LogP contribution in [-0.4, -0.2) is 23.9 Å². The van der Waals surface area contributed by atoms with E-state index >= 15 is 0 Å². The summed E-state index contributed by atoms with van der Waals surface area (Å²) in [7, 11) is 0.